The average molecular weight is 209 g/mol. The van der Waals surface area contributed by atoms with Gasteiger partial charge in [-0.1, -0.05) is 0 Å². The fourth-order valence-corrected chi connectivity index (χ4v) is 0.957. The van der Waals surface area contributed by atoms with E-state index in [0.717, 1.165) is 12.2 Å². The Kier molecular flexibility index (Phi) is 3.61. The molecule has 0 saturated heterocycles. The molecule has 0 atom stereocenters. The number of hydrogen-bond donors (Lipinski definition) is 2. The molecule has 0 spiro atoms. The van der Waals surface area contributed by atoms with Crippen molar-refractivity contribution in [1.29, 1.82) is 0 Å². The molecule has 0 aliphatic rings. The summed E-state index contributed by atoms with van der Waals surface area (Å²) < 4.78 is 0. The Hall–Kier alpha value is -2.11. The van der Waals surface area contributed by atoms with E-state index in [1.54, 1.807) is 19.4 Å². The van der Waals surface area contributed by atoms with Crippen LogP contribution in [-0.2, 0) is 16.1 Å². The number of hydrogen-bond acceptors (Lipinski definition) is 3. The molecule has 0 saturated carbocycles. The number of rotatable bonds is 4. The van der Waals surface area contributed by atoms with Crippen molar-refractivity contribution in [2.75, 3.05) is 7.05 Å². The number of carbonyl (C=O) groups excluding carboxylic acids is 1. The van der Waals surface area contributed by atoms with Gasteiger partial charge in [-0.15, -0.1) is 0 Å². The van der Waals surface area contributed by atoms with E-state index in [-0.39, 0.29) is 5.91 Å². The fourth-order valence-electron chi connectivity index (χ4n) is 0.957. The summed E-state index contributed by atoms with van der Waals surface area (Å²) in [4.78, 5) is 29.6. The van der Waals surface area contributed by atoms with E-state index < -0.39 is 5.97 Å². The molecule has 0 unspecified atom stereocenters. The van der Waals surface area contributed by atoms with E-state index in [0.29, 0.717) is 12.4 Å². The minimum atomic E-state index is -1.14. The summed E-state index contributed by atoms with van der Waals surface area (Å²) in [6.45, 7) is 0.315. The first-order chi connectivity index (χ1) is 7.09. The van der Waals surface area contributed by atoms with Gasteiger partial charge in [0.1, 0.15) is 5.82 Å². The number of amides is 1. The predicted molar refractivity (Wildman–Crippen MR) is 51.8 cm³/mol. The first-order valence-corrected chi connectivity index (χ1v) is 4.24. The smallest absolute Gasteiger partial charge is 0.328 e. The highest BCUT2D eigenvalue weighted by atomic mass is 16.4. The Balaban J connectivity index is 2.50. The zero-order valence-corrected chi connectivity index (χ0v) is 8.17. The van der Waals surface area contributed by atoms with Gasteiger partial charge in [-0.05, 0) is 0 Å². The second-order valence-electron chi connectivity index (χ2n) is 2.90. The summed E-state index contributed by atoms with van der Waals surface area (Å²) in [6.07, 6.45) is 5.05. The third-order valence-corrected chi connectivity index (χ3v) is 1.69. The normalized spacial score (nSPS) is 10.5. The van der Waals surface area contributed by atoms with Gasteiger partial charge >= 0.3 is 5.97 Å². The molecule has 80 valence electrons. The number of aromatic nitrogens is 2. The Morgan fingerprint density at radius 3 is 2.87 bits per heavy atom. The highest BCUT2D eigenvalue weighted by Gasteiger charge is 2.07. The first kappa shape index (κ1) is 11.0. The van der Waals surface area contributed by atoms with Crippen LogP contribution < -0.4 is 0 Å². The maximum absolute atomic E-state index is 11.3. The predicted octanol–water partition coefficient (Wildman–Crippen LogP) is 0.00890. The Morgan fingerprint density at radius 2 is 2.33 bits per heavy atom. The molecule has 1 amide bonds. The number of imidazole rings is 1. The van der Waals surface area contributed by atoms with Crippen LogP contribution in [-0.4, -0.2) is 38.9 Å². The summed E-state index contributed by atoms with van der Waals surface area (Å²) >= 11 is 0. The Labute approximate surface area is 86.2 Å². The van der Waals surface area contributed by atoms with Gasteiger partial charge in [-0.2, -0.15) is 0 Å². The molecule has 1 rings (SSSR count). The lowest BCUT2D eigenvalue weighted by Gasteiger charge is -2.12. The molecule has 0 fully saturated rings. The average Bonchev–Trinajstić information content (AvgIpc) is 2.66. The lowest BCUT2D eigenvalue weighted by atomic mass is 10.4. The van der Waals surface area contributed by atoms with E-state index >= 15 is 0 Å². The molecule has 1 aromatic heterocycles. The van der Waals surface area contributed by atoms with Gasteiger partial charge in [-0.25, -0.2) is 9.78 Å². The van der Waals surface area contributed by atoms with Gasteiger partial charge in [0, 0.05) is 31.6 Å². The van der Waals surface area contributed by atoms with Crippen LogP contribution in [0.5, 0.6) is 0 Å². The van der Waals surface area contributed by atoms with Crippen molar-refractivity contribution in [2.24, 2.45) is 0 Å². The van der Waals surface area contributed by atoms with Crippen LogP contribution in [0.2, 0.25) is 0 Å². The minimum Gasteiger partial charge on any atom is -0.478 e. The molecule has 0 aliphatic carbocycles. The van der Waals surface area contributed by atoms with Crippen LogP contribution in [0.15, 0.2) is 24.5 Å². The van der Waals surface area contributed by atoms with Crippen molar-refractivity contribution in [3.8, 4) is 0 Å². The van der Waals surface area contributed by atoms with Crippen molar-refractivity contribution < 1.29 is 14.7 Å². The van der Waals surface area contributed by atoms with Crippen molar-refractivity contribution >= 4 is 11.9 Å². The van der Waals surface area contributed by atoms with E-state index in [4.69, 9.17) is 5.11 Å². The van der Waals surface area contributed by atoms with Crippen LogP contribution >= 0.6 is 0 Å². The standard InChI is InChI=1S/C9H11N3O3/c1-12(6-7-10-4-5-11-7)8(13)2-3-9(14)15/h2-5H,6H2,1H3,(H,10,11)(H,14,15). The molecule has 0 bridgehead atoms. The van der Waals surface area contributed by atoms with Crippen LogP contribution in [0.25, 0.3) is 0 Å². The largest absolute Gasteiger partial charge is 0.478 e. The van der Waals surface area contributed by atoms with Gasteiger partial charge in [0.2, 0.25) is 5.91 Å². The molecular formula is C9H11N3O3. The minimum absolute atomic E-state index is 0.315. The van der Waals surface area contributed by atoms with E-state index in [2.05, 4.69) is 9.97 Å². The third-order valence-electron chi connectivity index (χ3n) is 1.69. The second kappa shape index (κ2) is 4.94. The first-order valence-electron chi connectivity index (χ1n) is 4.24. The molecule has 6 nitrogen and oxygen atoms in total. The number of carboxylic acids is 1. The summed E-state index contributed by atoms with van der Waals surface area (Å²) in [7, 11) is 1.57. The quantitative estimate of drug-likeness (QED) is 0.684. The number of H-pyrrole nitrogens is 1. The molecule has 1 aromatic rings. The molecule has 15 heavy (non-hydrogen) atoms. The zero-order valence-electron chi connectivity index (χ0n) is 8.17. The number of nitrogens with zero attached hydrogens (tertiary/aromatic N) is 2. The highest BCUT2D eigenvalue weighted by molar-refractivity contribution is 5.93. The number of carboxylic acid groups (broad SMARTS) is 1. The number of nitrogens with one attached hydrogen (secondary N) is 1. The Bertz CT molecular complexity index is 370. The molecule has 0 radical (unpaired) electrons. The topological polar surface area (TPSA) is 86.3 Å². The second-order valence-corrected chi connectivity index (χ2v) is 2.90. The van der Waals surface area contributed by atoms with Gasteiger partial charge in [0.15, 0.2) is 0 Å². The molecule has 1 heterocycles. The summed E-state index contributed by atoms with van der Waals surface area (Å²) in [6, 6.07) is 0. The maximum atomic E-state index is 11.3. The van der Waals surface area contributed by atoms with Crippen molar-refractivity contribution in [2.45, 2.75) is 6.54 Å². The van der Waals surface area contributed by atoms with Crippen LogP contribution in [0, 0.1) is 0 Å². The SMILES string of the molecule is CN(Cc1ncc[nH]1)C(=O)C=CC(=O)O. The van der Waals surface area contributed by atoms with E-state index in [1.807, 2.05) is 0 Å². The Morgan fingerprint density at radius 1 is 1.60 bits per heavy atom. The number of likely N-dealkylation sites (N-methyl/N-ethyl adjacent to an activating group) is 1. The molecule has 6 heteroatoms. The summed E-state index contributed by atoms with van der Waals surface area (Å²) in [5.41, 5.74) is 0. The van der Waals surface area contributed by atoms with Gasteiger partial charge in [0.05, 0.1) is 6.54 Å². The molecule has 2 N–H and O–H groups in total. The number of carbonyl (C=O) groups is 2. The van der Waals surface area contributed by atoms with Crippen molar-refractivity contribution in [3.05, 3.63) is 30.4 Å². The van der Waals surface area contributed by atoms with Crippen molar-refractivity contribution in [3.63, 3.8) is 0 Å². The van der Waals surface area contributed by atoms with Gasteiger partial charge in [0.25, 0.3) is 0 Å². The third kappa shape index (κ3) is 3.63. The number of aromatic amines is 1. The fraction of sp³-hybridized carbons (Fsp3) is 0.222. The van der Waals surface area contributed by atoms with Crippen LogP contribution in [0.3, 0.4) is 0 Å². The lowest BCUT2D eigenvalue weighted by Crippen LogP contribution is -2.24. The van der Waals surface area contributed by atoms with Crippen molar-refractivity contribution in [1.82, 2.24) is 14.9 Å². The van der Waals surface area contributed by atoms with Gasteiger partial charge in [-0.3, -0.25) is 4.79 Å². The van der Waals surface area contributed by atoms with Gasteiger partial charge < -0.3 is 15.0 Å². The van der Waals surface area contributed by atoms with Crippen LogP contribution in [0.1, 0.15) is 5.82 Å². The van der Waals surface area contributed by atoms with E-state index in [9.17, 15) is 9.59 Å². The summed E-state index contributed by atoms with van der Waals surface area (Å²) in [5, 5.41) is 8.32. The van der Waals surface area contributed by atoms with E-state index in [1.165, 1.54) is 4.90 Å². The molecule has 0 aliphatic heterocycles. The lowest BCUT2D eigenvalue weighted by molar-refractivity contribution is -0.132. The van der Waals surface area contributed by atoms with Crippen LogP contribution in [0.4, 0.5) is 0 Å². The maximum Gasteiger partial charge on any atom is 0.328 e. The highest BCUT2D eigenvalue weighted by Crippen LogP contribution is 1.96. The molecule has 0 aromatic carbocycles. The zero-order chi connectivity index (χ0) is 11.3. The molecular weight excluding hydrogens is 198 g/mol. The summed E-state index contributed by atoms with van der Waals surface area (Å²) in [5.74, 6) is -0.877. The monoisotopic (exact) mass is 209 g/mol. The number of aliphatic carboxylic acids is 1.